The summed E-state index contributed by atoms with van der Waals surface area (Å²) in [7, 11) is 0. The Morgan fingerprint density at radius 1 is 0.215 bits per heavy atom. The summed E-state index contributed by atoms with van der Waals surface area (Å²) in [4.78, 5) is 16.1. The molecule has 3 nitrogen and oxygen atoms in total. The minimum atomic E-state index is -0.663. The Morgan fingerprint density at radius 3 is 1.15 bits per heavy atom. The zero-order valence-electron chi connectivity index (χ0n) is 35.4. The fourth-order valence-electron chi connectivity index (χ4n) is 10.6. The van der Waals surface area contributed by atoms with Crippen molar-refractivity contribution in [3.05, 3.63) is 259 Å². The van der Waals surface area contributed by atoms with Gasteiger partial charge in [0, 0.05) is 16.7 Å². The van der Waals surface area contributed by atoms with E-state index in [0.717, 1.165) is 38.9 Å². The molecule has 0 bridgehead atoms. The average Bonchev–Trinajstić information content (AvgIpc) is 3.61. The Labute approximate surface area is 378 Å². The summed E-state index contributed by atoms with van der Waals surface area (Å²) in [6, 6.07) is 85.5. The zero-order chi connectivity index (χ0) is 42.9. The summed E-state index contributed by atoms with van der Waals surface area (Å²) in [5.41, 5.74) is 19.0. The first-order chi connectivity index (χ1) is 32.2. The SMILES string of the molecule is c1ccc(-c2cccc(-c3nc(-c4cccc(-c5ccccc5)c4)nc(-c4ccc5c(c4)C4(c6ccccc6-c6ccccc6-5)c5ccccc5-c5cc6ccccc6cc54)n3)c2)cc1. The topological polar surface area (TPSA) is 38.7 Å². The van der Waals surface area contributed by atoms with Gasteiger partial charge in [-0.2, -0.15) is 0 Å². The van der Waals surface area contributed by atoms with Gasteiger partial charge in [0.05, 0.1) is 5.41 Å². The van der Waals surface area contributed by atoms with Gasteiger partial charge in [0.2, 0.25) is 0 Å². The van der Waals surface area contributed by atoms with Crippen LogP contribution in [0.15, 0.2) is 237 Å². The standard InChI is InChI=1S/C62H39N3/c1-3-17-40(18-4-1)42-23-15-25-46(35-42)59-63-60(47-26-16-24-43(36-47)41-19-5-2-6-20-41)65-61(64-59)48-33-34-53-50-28-10-9-27-49(50)51-29-11-13-31-55(51)62(57(53)39-48)56-32-14-12-30-52(56)54-37-44-21-7-8-22-45(44)38-58(54)62/h1-39H. The van der Waals surface area contributed by atoms with Gasteiger partial charge in [0.15, 0.2) is 17.5 Å². The first-order valence-corrected chi connectivity index (χ1v) is 22.3. The van der Waals surface area contributed by atoms with E-state index in [1.165, 1.54) is 66.4 Å². The third-order valence-corrected chi connectivity index (χ3v) is 13.5. The zero-order valence-corrected chi connectivity index (χ0v) is 35.4. The number of hydrogen-bond donors (Lipinski definition) is 0. The van der Waals surface area contributed by atoms with E-state index in [2.05, 4.69) is 224 Å². The molecular weight excluding hydrogens is 787 g/mol. The highest BCUT2D eigenvalue weighted by molar-refractivity contribution is 6.01. The second kappa shape index (κ2) is 14.8. The number of rotatable bonds is 5. The maximum Gasteiger partial charge on any atom is 0.164 e. The third-order valence-electron chi connectivity index (χ3n) is 13.5. The van der Waals surface area contributed by atoms with E-state index in [0.29, 0.717) is 17.5 Å². The summed E-state index contributed by atoms with van der Waals surface area (Å²) >= 11 is 0. The normalized spacial score (nSPS) is 14.2. The highest BCUT2D eigenvalue weighted by Gasteiger charge is 2.50. The van der Waals surface area contributed by atoms with Crippen LogP contribution >= 0.6 is 0 Å². The Bertz CT molecular complexity index is 3570. The smallest absolute Gasteiger partial charge is 0.164 e. The van der Waals surface area contributed by atoms with E-state index >= 15 is 0 Å². The number of nitrogens with zero attached hydrogens (tertiary/aromatic N) is 3. The molecule has 0 amide bonds. The highest BCUT2D eigenvalue weighted by Crippen LogP contribution is 2.62. The van der Waals surface area contributed by atoms with Crippen molar-refractivity contribution in [1.29, 1.82) is 0 Å². The minimum Gasteiger partial charge on any atom is -0.208 e. The maximum absolute atomic E-state index is 5.40. The first kappa shape index (κ1) is 37.1. The summed E-state index contributed by atoms with van der Waals surface area (Å²) in [6.07, 6.45) is 0. The van der Waals surface area contributed by atoms with Gasteiger partial charge >= 0.3 is 0 Å². The van der Waals surface area contributed by atoms with Crippen LogP contribution in [0.5, 0.6) is 0 Å². The van der Waals surface area contributed by atoms with E-state index in [9.17, 15) is 0 Å². The van der Waals surface area contributed by atoms with Crippen LogP contribution in [0.3, 0.4) is 0 Å². The monoisotopic (exact) mass is 825 g/mol. The first-order valence-electron chi connectivity index (χ1n) is 22.3. The van der Waals surface area contributed by atoms with Crippen molar-refractivity contribution < 1.29 is 0 Å². The van der Waals surface area contributed by atoms with Gasteiger partial charge in [-0.15, -0.1) is 0 Å². The Kier molecular flexibility index (Phi) is 8.44. The number of benzene rings is 10. The molecule has 1 heterocycles. The molecule has 0 radical (unpaired) electrons. The Balaban J connectivity index is 1.10. The third kappa shape index (κ3) is 5.86. The van der Waals surface area contributed by atoms with Gasteiger partial charge in [-0.3, -0.25) is 0 Å². The highest BCUT2D eigenvalue weighted by atomic mass is 15.0. The summed E-state index contributed by atoms with van der Waals surface area (Å²) < 4.78 is 0. The molecule has 11 aromatic rings. The molecule has 3 heteroatoms. The molecule has 65 heavy (non-hydrogen) atoms. The molecule has 302 valence electrons. The van der Waals surface area contributed by atoms with Gasteiger partial charge in [0.25, 0.3) is 0 Å². The van der Waals surface area contributed by atoms with Crippen LogP contribution in [0.2, 0.25) is 0 Å². The van der Waals surface area contributed by atoms with Crippen molar-refractivity contribution in [2.24, 2.45) is 0 Å². The molecule has 10 aromatic carbocycles. The molecule has 2 aliphatic carbocycles. The average molecular weight is 826 g/mol. The Hall–Kier alpha value is -8.53. The minimum absolute atomic E-state index is 0.619. The molecule has 0 N–H and O–H groups in total. The predicted octanol–water partition coefficient (Wildman–Crippen LogP) is 15.4. The van der Waals surface area contributed by atoms with E-state index in [4.69, 9.17) is 15.0 Å². The summed E-state index contributed by atoms with van der Waals surface area (Å²) in [6.45, 7) is 0. The lowest BCUT2D eigenvalue weighted by atomic mass is 9.65. The van der Waals surface area contributed by atoms with Gasteiger partial charge in [-0.1, -0.05) is 206 Å². The molecule has 1 atom stereocenters. The van der Waals surface area contributed by atoms with Crippen LogP contribution in [0.25, 0.3) is 101 Å². The Morgan fingerprint density at radius 2 is 0.600 bits per heavy atom. The lowest BCUT2D eigenvalue weighted by Crippen LogP contribution is -2.29. The van der Waals surface area contributed by atoms with Gasteiger partial charge in [-0.25, -0.2) is 15.0 Å². The number of hydrogen-bond acceptors (Lipinski definition) is 3. The lowest BCUT2D eigenvalue weighted by Gasteiger charge is -2.35. The van der Waals surface area contributed by atoms with Crippen molar-refractivity contribution >= 4 is 10.8 Å². The molecule has 1 spiro atoms. The largest absolute Gasteiger partial charge is 0.208 e. The van der Waals surface area contributed by atoms with E-state index < -0.39 is 5.41 Å². The summed E-state index contributed by atoms with van der Waals surface area (Å²) in [5.74, 6) is 1.86. The number of aromatic nitrogens is 3. The summed E-state index contributed by atoms with van der Waals surface area (Å²) in [5, 5.41) is 2.45. The van der Waals surface area contributed by atoms with Crippen molar-refractivity contribution in [2.45, 2.75) is 5.41 Å². The van der Waals surface area contributed by atoms with Crippen LogP contribution in [0, 0.1) is 0 Å². The van der Waals surface area contributed by atoms with Crippen molar-refractivity contribution in [1.82, 2.24) is 15.0 Å². The van der Waals surface area contributed by atoms with Crippen molar-refractivity contribution in [3.63, 3.8) is 0 Å². The molecule has 1 aromatic heterocycles. The number of fused-ring (bicyclic) bond motifs is 13. The molecule has 0 saturated carbocycles. The molecule has 1 unspecified atom stereocenters. The second-order valence-electron chi connectivity index (χ2n) is 17.1. The molecule has 2 aliphatic rings. The van der Waals surface area contributed by atoms with Crippen LogP contribution in [0.4, 0.5) is 0 Å². The lowest BCUT2D eigenvalue weighted by molar-refractivity contribution is 0.776. The molecule has 13 rings (SSSR count). The maximum atomic E-state index is 5.40. The van der Waals surface area contributed by atoms with E-state index in [1.54, 1.807) is 0 Å². The fourth-order valence-corrected chi connectivity index (χ4v) is 10.6. The second-order valence-corrected chi connectivity index (χ2v) is 17.1. The quantitative estimate of drug-likeness (QED) is 0.173. The van der Waals surface area contributed by atoms with E-state index in [1.807, 2.05) is 12.1 Å². The van der Waals surface area contributed by atoms with Gasteiger partial charge in [-0.05, 0) is 119 Å². The van der Waals surface area contributed by atoms with Crippen LogP contribution < -0.4 is 0 Å². The van der Waals surface area contributed by atoms with Crippen molar-refractivity contribution in [3.8, 4) is 89.8 Å². The van der Waals surface area contributed by atoms with Crippen LogP contribution in [-0.2, 0) is 5.41 Å². The van der Waals surface area contributed by atoms with Crippen LogP contribution in [-0.4, -0.2) is 15.0 Å². The molecule has 0 aliphatic heterocycles. The van der Waals surface area contributed by atoms with E-state index in [-0.39, 0.29) is 0 Å². The predicted molar refractivity (Wildman–Crippen MR) is 266 cm³/mol. The van der Waals surface area contributed by atoms with Crippen molar-refractivity contribution in [2.75, 3.05) is 0 Å². The fraction of sp³-hybridized carbons (Fsp3) is 0.0161. The molecular formula is C62H39N3. The van der Waals surface area contributed by atoms with Crippen LogP contribution in [0.1, 0.15) is 22.3 Å². The molecule has 0 saturated heterocycles. The molecule has 0 fully saturated rings. The van der Waals surface area contributed by atoms with Gasteiger partial charge < -0.3 is 0 Å². The van der Waals surface area contributed by atoms with Gasteiger partial charge in [0.1, 0.15) is 0 Å².